The lowest BCUT2D eigenvalue weighted by Gasteiger charge is -2.16. The first kappa shape index (κ1) is 13.1. The molecule has 0 aromatic heterocycles. The molecule has 1 fully saturated rings. The first-order valence-corrected chi connectivity index (χ1v) is 5.48. The van der Waals surface area contributed by atoms with Crippen molar-refractivity contribution in [2.45, 2.75) is 12.5 Å². The van der Waals surface area contributed by atoms with Gasteiger partial charge in [-0.1, -0.05) is 0 Å². The largest absolute Gasteiger partial charge is 0.464 e. The molecule has 1 saturated heterocycles. The maximum atomic E-state index is 11.7. The van der Waals surface area contributed by atoms with Gasteiger partial charge in [0.05, 0.1) is 13.2 Å². The molecule has 0 aliphatic carbocycles. The van der Waals surface area contributed by atoms with Gasteiger partial charge in [-0.25, -0.2) is 13.6 Å². The maximum absolute atomic E-state index is 11.7. The number of ether oxygens (including phenoxy) is 1. The van der Waals surface area contributed by atoms with E-state index in [0.717, 1.165) is 0 Å². The number of amides is 1. The molecular formula is C6H9F2NO6S. The molecule has 1 aliphatic rings. The summed E-state index contributed by atoms with van der Waals surface area (Å²) in [5.41, 5.74) is 0. The van der Waals surface area contributed by atoms with Crippen LogP contribution in [-0.4, -0.2) is 56.2 Å². The molecule has 0 aromatic carbocycles. The van der Waals surface area contributed by atoms with E-state index in [1.807, 2.05) is 0 Å². The van der Waals surface area contributed by atoms with Crippen LogP contribution in [-0.2, 0) is 19.2 Å². The van der Waals surface area contributed by atoms with E-state index in [4.69, 9.17) is 5.11 Å². The van der Waals surface area contributed by atoms with Gasteiger partial charge in [-0.05, 0) is 0 Å². The highest BCUT2D eigenvalue weighted by Crippen LogP contribution is 2.19. The van der Waals surface area contributed by atoms with Crippen LogP contribution in [0.5, 0.6) is 0 Å². The molecule has 0 saturated carbocycles. The summed E-state index contributed by atoms with van der Waals surface area (Å²) in [7, 11) is -4.32. The summed E-state index contributed by atoms with van der Waals surface area (Å²) in [4.78, 5) is 10.6. The predicted molar refractivity (Wildman–Crippen MR) is 45.3 cm³/mol. The Balaban J connectivity index is 2.58. The molecule has 0 bridgehead atoms. The first-order chi connectivity index (χ1) is 7.34. The molecule has 10 heteroatoms. The van der Waals surface area contributed by atoms with Crippen molar-refractivity contribution in [1.29, 1.82) is 0 Å². The predicted octanol–water partition coefficient (Wildman–Crippen LogP) is -0.108. The average molecular weight is 261 g/mol. The van der Waals surface area contributed by atoms with E-state index in [1.54, 1.807) is 0 Å². The molecule has 0 spiro atoms. The van der Waals surface area contributed by atoms with Crippen LogP contribution in [0.4, 0.5) is 13.6 Å². The van der Waals surface area contributed by atoms with Crippen molar-refractivity contribution in [2.75, 3.05) is 19.8 Å². The number of hydrogen-bond acceptors (Lipinski definition) is 5. The first-order valence-electron chi connectivity index (χ1n) is 4.12. The SMILES string of the molecule is O=C(O)N1[C@@H](COCC(F)F)COS1(=O)=O. The van der Waals surface area contributed by atoms with Crippen LogP contribution >= 0.6 is 0 Å². The lowest BCUT2D eigenvalue weighted by atomic mass is 10.3. The van der Waals surface area contributed by atoms with Crippen molar-refractivity contribution in [3.8, 4) is 0 Å². The van der Waals surface area contributed by atoms with Gasteiger partial charge in [-0.2, -0.15) is 12.7 Å². The highest BCUT2D eigenvalue weighted by molar-refractivity contribution is 7.85. The van der Waals surface area contributed by atoms with Crippen molar-refractivity contribution in [1.82, 2.24) is 4.31 Å². The summed E-state index contributed by atoms with van der Waals surface area (Å²) in [6.45, 7) is -1.78. The number of alkyl halides is 2. The minimum absolute atomic E-state index is 0.0540. The Kier molecular flexibility index (Phi) is 3.99. The Morgan fingerprint density at radius 1 is 1.62 bits per heavy atom. The third-order valence-corrected chi connectivity index (χ3v) is 3.09. The van der Waals surface area contributed by atoms with Gasteiger partial charge < -0.3 is 9.84 Å². The smallest absolute Gasteiger partial charge is 0.423 e. The van der Waals surface area contributed by atoms with Gasteiger partial charge in [-0.15, -0.1) is 0 Å². The molecule has 1 rings (SSSR count). The monoisotopic (exact) mass is 261 g/mol. The Bertz CT molecular complexity index is 358. The standard InChI is InChI=1S/C6H9F2NO6S/c7-5(8)3-14-1-4-2-15-16(12,13)9(4)6(10)11/h4-5H,1-3H2,(H,10,11)/t4-/m0/s1. The Morgan fingerprint density at radius 2 is 2.25 bits per heavy atom. The van der Waals surface area contributed by atoms with E-state index < -0.39 is 48.7 Å². The van der Waals surface area contributed by atoms with Crippen LogP contribution in [0.3, 0.4) is 0 Å². The fourth-order valence-electron chi connectivity index (χ4n) is 1.13. The lowest BCUT2D eigenvalue weighted by molar-refractivity contribution is 0.00298. The molecule has 1 heterocycles. The van der Waals surface area contributed by atoms with Gasteiger partial charge in [0.25, 0.3) is 6.43 Å². The quantitative estimate of drug-likeness (QED) is 0.759. The molecule has 0 aromatic rings. The maximum Gasteiger partial charge on any atom is 0.423 e. The van der Waals surface area contributed by atoms with Crippen molar-refractivity contribution in [2.24, 2.45) is 0 Å². The van der Waals surface area contributed by atoms with Gasteiger partial charge >= 0.3 is 16.4 Å². The third-order valence-electron chi connectivity index (χ3n) is 1.72. The van der Waals surface area contributed by atoms with Crippen LogP contribution in [0, 0.1) is 0 Å². The van der Waals surface area contributed by atoms with Crippen LogP contribution in [0.1, 0.15) is 0 Å². The van der Waals surface area contributed by atoms with Crippen molar-refractivity contribution in [3.63, 3.8) is 0 Å². The zero-order valence-corrected chi connectivity index (χ0v) is 8.69. The molecule has 0 unspecified atom stereocenters. The summed E-state index contributed by atoms with van der Waals surface area (Å²) >= 11 is 0. The van der Waals surface area contributed by atoms with Crippen molar-refractivity contribution >= 4 is 16.4 Å². The van der Waals surface area contributed by atoms with E-state index in [9.17, 15) is 22.0 Å². The van der Waals surface area contributed by atoms with Crippen LogP contribution in [0.15, 0.2) is 0 Å². The molecular weight excluding hydrogens is 252 g/mol. The fraction of sp³-hybridized carbons (Fsp3) is 0.833. The zero-order chi connectivity index (χ0) is 12.3. The van der Waals surface area contributed by atoms with Gasteiger partial charge in [0.2, 0.25) is 0 Å². The van der Waals surface area contributed by atoms with E-state index in [0.29, 0.717) is 0 Å². The van der Waals surface area contributed by atoms with Crippen LogP contribution < -0.4 is 0 Å². The van der Waals surface area contributed by atoms with E-state index in [2.05, 4.69) is 8.92 Å². The van der Waals surface area contributed by atoms with Crippen molar-refractivity contribution < 1.29 is 36.0 Å². The molecule has 16 heavy (non-hydrogen) atoms. The Labute approximate surface area is 89.8 Å². The molecule has 0 radical (unpaired) electrons. The third kappa shape index (κ3) is 3.00. The summed E-state index contributed by atoms with van der Waals surface area (Å²) < 4.78 is 54.2. The van der Waals surface area contributed by atoms with Gasteiger partial charge in [0.1, 0.15) is 12.6 Å². The topological polar surface area (TPSA) is 93.1 Å². The molecule has 1 aliphatic heterocycles. The van der Waals surface area contributed by atoms with Gasteiger partial charge in [0, 0.05) is 0 Å². The molecule has 94 valence electrons. The average Bonchev–Trinajstić information content (AvgIpc) is 2.40. The van der Waals surface area contributed by atoms with Crippen molar-refractivity contribution in [3.05, 3.63) is 0 Å². The highest BCUT2D eigenvalue weighted by atomic mass is 32.2. The van der Waals surface area contributed by atoms with Gasteiger partial charge in [-0.3, -0.25) is 4.18 Å². The Hall–Kier alpha value is -1.00. The molecule has 1 amide bonds. The normalized spacial score (nSPS) is 23.9. The fourth-order valence-corrected chi connectivity index (χ4v) is 2.25. The highest BCUT2D eigenvalue weighted by Gasteiger charge is 2.42. The molecule has 7 nitrogen and oxygen atoms in total. The van der Waals surface area contributed by atoms with E-state index in [1.165, 1.54) is 0 Å². The number of nitrogens with zero attached hydrogens (tertiary/aromatic N) is 1. The van der Waals surface area contributed by atoms with Crippen LogP contribution in [0.25, 0.3) is 0 Å². The minimum atomic E-state index is -4.32. The summed E-state index contributed by atoms with van der Waals surface area (Å²) in [6.07, 6.45) is -4.43. The molecule has 1 atom stereocenters. The second kappa shape index (κ2) is 4.89. The second-order valence-corrected chi connectivity index (χ2v) is 4.39. The van der Waals surface area contributed by atoms with E-state index in [-0.39, 0.29) is 4.31 Å². The lowest BCUT2D eigenvalue weighted by Crippen LogP contribution is -2.41. The van der Waals surface area contributed by atoms with Gasteiger partial charge in [0.15, 0.2) is 0 Å². The summed E-state index contributed by atoms with van der Waals surface area (Å²) in [6, 6.07) is -1.12. The second-order valence-electron chi connectivity index (χ2n) is 2.90. The minimum Gasteiger partial charge on any atom is -0.464 e. The summed E-state index contributed by atoms with van der Waals surface area (Å²) in [5, 5.41) is 8.59. The Morgan fingerprint density at radius 3 is 2.75 bits per heavy atom. The summed E-state index contributed by atoms with van der Waals surface area (Å²) in [5.74, 6) is 0. The van der Waals surface area contributed by atoms with Crippen LogP contribution in [0.2, 0.25) is 0 Å². The van der Waals surface area contributed by atoms with E-state index >= 15 is 0 Å². The molecule has 1 N–H and O–H groups in total. The zero-order valence-electron chi connectivity index (χ0n) is 7.88. The number of rotatable bonds is 4. The number of carboxylic acid groups (broad SMARTS) is 1. The number of halogens is 2. The number of hydrogen-bond donors (Lipinski definition) is 1. The number of carbonyl (C=O) groups is 1.